The summed E-state index contributed by atoms with van der Waals surface area (Å²) in [7, 11) is 0. The number of aryl methyl sites for hydroxylation is 2. The number of nitrogens with one attached hydrogen (secondary N) is 2. The second kappa shape index (κ2) is 14.6. The van der Waals surface area contributed by atoms with E-state index < -0.39 is 23.8 Å². The van der Waals surface area contributed by atoms with Crippen molar-refractivity contribution in [2.45, 2.75) is 85.0 Å². The van der Waals surface area contributed by atoms with Crippen LogP contribution in [-0.2, 0) is 14.3 Å². The van der Waals surface area contributed by atoms with Gasteiger partial charge in [0.1, 0.15) is 17.7 Å². The molecule has 2 rings (SSSR count). The van der Waals surface area contributed by atoms with Crippen molar-refractivity contribution in [3.63, 3.8) is 0 Å². The summed E-state index contributed by atoms with van der Waals surface area (Å²) in [5.74, 6) is -0.0914. The van der Waals surface area contributed by atoms with Gasteiger partial charge in [0, 0.05) is 6.04 Å². The zero-order valence-corrected chi connectivity index (χ0v) is 25.8. The smallest absolute Gasteiger partial charge is 0.408 e. The van der Waals surface area contributed by atoms with Gasteiger partial charge in [-0.25, -0.2) is 4.79 Å². The maximum atomic E-state index is 14.3. The quantitative estimate of drug-likeness (QED) is 0.304. The molecule has 0 saturated carbocycles. The minimum Gasteiger partial charge on any atom is -0.444 e. The summed E-state index contributed by atoms with van der Waals surface area (Å²) in [6.45, 7) is 13.0. The molecule has 0 aliphatic rings. The molecule has 3 amide bonds. The molecule has 2 N–H and O–H groups in total. The van der Waals surface area contributed by atoms with Crippen molar-refractivity contribution in [1.82, 2.24) is 10.2 Å². The van der Waals surface area contributed by atoms with Gasteiger partial charge in [-0.2, -0.15) is 11.8 Å². The van der Waals surface area contributed by atoms with E-state index in [4.69, 9.17) is 16.3 Å². The topological polar surface area (TPSA) is 87.7 Å². The van der Waals surface area contributed by atoms with Crippen molar-refractivity contribution in [3.8, 4) is 0 Å². The van der Waals surface area contributed by atoms with Crippen LogP contribution in [-0.4, -0.2) is 52.5 Å². The van der Waals surface area contributed by atoms with Gasteiger partial charge in [-0.15, -0.1) is 0 Å². The van der Waals surface area contributed by atoms with E-state index in [0.29, 0.717) is 34.9 Å². The number of rotatable bonds is 11. The maximum Gasteiger partial charge on any atom is 0.408 e. The standard InChI is InChI=1S/C30H42ClN3O4S/c1-9-21(4)34(28(36)24(17-18-39-8)32-29(37)38-30(5,6)7)26(22-15-13-19(2)14-16-22)27(35)33-25-20(3)11-10-12-23(25)31/h10-16,21,24,26H,9,17-18H2,1-8H3,(H,32,37)(H,33,35). The third kappa shape index (κ3) is 9.46. The van der Waals surface area contributed by atoms with Crippen LogP contribution in [0.4, 0.5) is 10.5 Å². The number of carbonyl (C=O) groups excluding carboxylic acids is 3. The number of benzene rings is 2. The van der Waals surface area contributed by atoms with Crippen molar-refractivity contribution in [3.05, 3.63) is 64.2 Å². The number of ether oxygens (including phenoxy) is 1. The lowest BCUT2D eigenvalue weighted by atomic mass is 9.98. The number of anilines is 1. The Kier molecular flexibility index (Phi) is 12.2. The number of para-hydroxylation sites is 1. The van der Waals surface area contributed by atoms with Crippen LogP contribution in [0.3, 0.4) is 0 Å². The Morgan fingerprint density at radius 2 is 1.72 bits per heavy atom. The van der Waals surface area contributed by atoms with Crippen LogP contribution < -0.4 is 10.6 Å². The van der Waals surface area contributed by atoms with Crippen LogP contribution in [0.2, 0.25) is 5.02 Å². The molecule has 2 aromatic rings. The molecule has 0 aliphatic carbocycles. The van der Waals surface area contributed by atoms with E-state index in [1.807, 2.05) is 70.3 Å². The van der Waals surface area contributed by atoms with Crippen molar-refractivity contribution in [1.29, 1.82) is 0 Å². The highest BCUT2D eigenvalue weighted by Crippen LogP contribution is 2.31. The van der Waals surface area contributed by atoms with Crippen molar-refractivity contribution < 1.29 is 19.1 Å². The molecule has 0 aliphatic heterocycles. The van der Waals surface area contributed by atoms with Gasteiger partial charge in [0.05, 0.1) is 10.7 Å². The Labute approximate surface area is 242 Å². The maximum absolute atomic E-state index is 14.3. The van der Waals surface area contributed by atoms with Crippen molar-refractivity contribution in [2.75, 3.05) is 17.3 Å². The highest BCUT2D eigenvalue weighted by Gasteiger charge is 2.38. The molecule has 39 heavy (non-hydrogen) atoms. The van der Waals surface area contributed by atoms with E-state index >= 15 is 0 Å². The van der Waals surface area contributed by atoms with Crippen LogP contribution in [0, 0.1) is 13.8 Å². The fourth-order valence-electron chi connectivity index (χ4n) is 4.09. The fourth-order valence-corrected chi connectivity index (χ4v) is 4.83. The molecule has 0 heterocycles. The second-order valence-electron chi connectivity index (χ2n) is 10.7. The molecular weight excluding hydrogens is 534 g/mol. The third-order valence-corrected chi connectivity index (χ3v) is 7.27. The number of halogens is 1. The molecule has 0 fully saturated rings. The number of carbonyl (C=O) groups is 3. The van der Waals surface area contributed by atoms with Crippen LogP contribution in [0.25, 0.3) is 0 Å². The fraction of sp³-hybridized carbons (Fsp3) is 0.500. The lowest BCUT2D eigenvalue weighted by molar-refractivity contribution is -0.143. The lowest BCUT2D eigenvalue weighted by Crippen LogP contribution is -2.55. The Bertz CT molecular complexity index is 1110. The van der Waals surface area contributed by atoms with E-state index in [0.717, 1.165) is 11.1 Å². The van der Waals surface area contributed by atoms with Crippen LogP contribution >= 0.6 is 23.4 Å². The molecule has 2 aromatic carbocycles. The highest BCUT2D eigenvalue weighted by molar-refractivity contribution is 7.98. The SMILES string of the molecule is CCC(C)N(C(=O)C(CCSC)NC(=O)OC(C)(C)C)C(C(=O)Nc1c(C)cccc1Cl)c1ccc(C)cc1. The predicted octanol–water partition coefficient (Wildman–Crippen LogP) is 6.91. The number of hydrogen-bond donors (Lipinski definition) is 2. The van der Waals surface area contributed by atoms with Gasteiger partial charge in [0.25, 0.3) is 5.91 Å². The minimum atomic E-state index is -0.957. The Balaban J connectivity index is 2.58. The van der Waals surface area contributed by atoms with Crippen molar-refractivity contribution >= 4 is 47.0 Å². The van der Waals surface area contributed by atoms with Crippen LogP contribution in [0.5, 0.6) is 0 Å². The molecule has 3 unspecified atom stereocenters. The summed E-state index contributed by atoms with van der Waals surface area (Å²) in [6.07, 6.45) is 2.26. The van der Waals surface area contributed by atoms with E-state index in [-0.39, 0.29) is 17.9 Å². The molecule has 0 radical (unpaired) electrons. The number of hydrogen-bond acceptors (Lipinski definition) is 5. The normalized spacial score (nSPS) is 13.7. The molecule has 7 nitrogen and oxygen atoms in total. The molecule has 0 bridgehead atoms. The zero-order valence-electron chi connectivity index (χ0n) is 24.3. The number of thioether (sulfide) groups is 1. The molecular formula is C30H42ClN3O4S. The molecule has 0 aromatic heterocycles. The first kappa shape index (κ1) is 32.5. The van der Waals surface area contributed by atoms with Gasteiger partial charge in [0.2, 0.25) is 5.91 Å². The predicted molar refractivity (Wildman–Crippen MR) is 161 cm³/mol. The third-order valence-electron chi connectivity index (χ3n) is 6.31. The van der Waals surface area contributed by atoms with E-state index in [1.54, 1.807) is 43.5 Å². The first-order valence-corrected chi connectivity index (χ1v) is 15.0. The largest absolute Gasteiger partial charge is 0.444 e. The summed E-state index contributed by atoms with van der Waals surface area (Å²) in [5, 5.41) is 6.16. The first-order chi connectivity index (χ1) is 18.3. The summed E-state index contributed by atoms with van der Waals surface area (Å²) < 4.78 is 5.45. The van der Waals surface area contributed by atoms with Gasteiger partial charge in [-0.1, -0.05) is 60.5 Å². The Morgan fingerprint density at radius 1 is 1.08 bits per heavy atom. The number of alkyl carbamates (subject to hydrolysis) is 1. The van der Waals surface area contributed by atoms with E-state index in [2.05, 4.69) is 10.6 Å². The monoisotopic (exact) mass is 575 g/mol. The van der Waals surface area contributed by atoms with Gasteiger partial charge >= 0.3 is 6.09 Å². The van der Waals surface area contributed by atoms with Crippen molar-refractivity contribution in [2.24, 2.45) is 0 Å². The average molecular weight is 576 g/mol. The molecule has 3 atom stereocenters. The van der Waals surface area contributed by atoms with Gasteiger partial charge in [0.15, 0.2) is 0 Å². The number of amides is 3. The Morgan fingerprint density at radius 3 is 2.26 bits per heavy atom. The summed E-state index contributed by atoms with van der Waals surface area (Å²) in [5.41, 5.74) is 2.29. The molecule has 0 saturated heterocycles. The van der Waals surface area contributed by atoms with Gasteiger partial charge < -0.3 is 20.3 Å². The van der Waals surface area contributed by atoms with Crippen LogP contribution in [0.1, 0.15) is 70.2 Å². The van der Waals surface area contributed by atoms with Gasteiger partial charge in [-0.05, 0) is 83.6 Å². The molecule has 9 heteroatoms. The second-order valence-corrected chi connectivity index (χ2v) is 12.1. The summed E-state index contributed by atoms with van der Waals surface area (Å²) in [6, 6.07) is 10.8. The highest BCUT2D eigenvalue weighted by atomic mass is 35.5. The van der Waals surface area contributed by atoms with Crippen LogP contribution in [0.15, 0.2) is 42.5 Å². The number of nitrogens with zero attached hydrogens (tertiary/aromatic N) is 1. The van der Waals surface area contributed by atoms with E-state index in [1.165, 1.54) is 0 Å². The zero-order chi connectivity index (χ0) is 29.3. The Hall–Kier alpha value is -2.71. The molecule has 214 valence electrons. The lowest BCUT2D eigenvalue weighted by Gasteiger charge is -2.38. The molecule has 0 spiro atoms. The minimum absolute atomic E-state index is 0.306. The van der Waals surface area contributed by atoms with E-state index in [9.17, 15) is 14.4 Å². The average Bonchev–Trinajstić information content (AvgIpc) is 2.86. The van der Waals surface area contributed by atoms with Gasteiger partial charge in [-0.3, -0.25) is 9.59 Å². The summed E-state index contributed by atoms with van der Waals surface area (Å²) in [4.78, 5) is 42.6. The summed E-state index contributed by atoms with van der Waals surface area (Å²) >= 11 is 8.01. The first-order valence-electron chi connectivity index (χ1n) is 13.2.